The summed E-state index contributed by atoms with van der Waals surface area (Å²) in [5.41, 5.74) is 20.3. The average molecular weight is 1550 g/mol. The van der Waals surface area contributed by atoms with Gasteiger partial charge in [0.05, 0.1) is 99.7 Å². The second-order valence-corrected chi connectivity index (χ2v) is 30.9. The minimum absolute atomic E-state index is 0.592. The maximum atomic E-state index is 4.93. The van der Waals surface area contributed by atoms with E-state index in [9.17, 15) is 0 Å². The first-order valence-corrected chi connectivity index (χ1v) is 41.1. The van der Waals surface area contributed by atoms with Crippen molar-refractivity contribution in [2.24, 2.45) is 0 Å². The first-order chi connectivity index (χ1) is 60.5. The third-order valence-electron chi connectivity index (χ3n) is 24.4. The van der Waals surface area contributed by atoms with Gasteiger partial charge in [0.15, 0.2) is 0 Å². The van der Waals surface area contributed by atoms with Crippen molar-refractivity contribution >= 4 is 220 Å². The van der Waals surface area contributed by atoms with E-state index >= 15 is 0 Å². The monoisotopic (exact) mass is 1550 g/mol. The molecule has 8 aromatic heterocycles. The van der Waals surface area contributed by atoms with E-state index in [0.29, 0.717) is 45.6 Å². The van der Waals surface area contributed by atoms with Crippen molar-refractivity contribution in [2.45, 2.75) is 0 Å². The van der Waals surface area contributed by atoms with E-state index in [1.165, 1.54) is 0 Å². The zero-order valence-corrected chi connectivity index (χ0v) is 65.9. The van der Waals surface area contributed by atoms with Gasteiger partial charge in [0.1, 0.15) is 34.2 Å². The highest BCUT2D eigenvalue weighted by molar-refractivity contribution is 6.23. The molecule has 0 bridgehead atoms. The lowest BCUT2D eigenvalue weighted by molar-refractivity contribution is 1.18. The molecule has 8 heterocycles. The number of hydrogen-bond donors (Lipinski definition) is 0. The molecule has 0 radical (unpaired) electrons. The van der Waals surface area contributed by atoms with Gasteiger partial charge in [-0.1, -0.05) is 304 Å². The summed E-state index contributed by atoms with van der Waals surface area (Å²) in [4.78, 5) is 0. The van der Waals surface area contributed by atoms with E-state index in [1.807, 2.05) is 0 Å². The van der Waals surface area contributed by atoms with Gasteiger partial charge in [-0.25, -0.2) is 0 Å². The molecule has 564 valence electrons. The SMILES string of the molecule is C=C(C#C/C(=C(/C#C/C(=C(/C#C/C(=C(/C#CC(=C)n1c2ccccc2c2ccccc21)n1c2ccccc2c2ccccc21)n1c2ccccc2c2ccccc21)n1c2ccccc2c2ccccc21)n1c2ccccc2c2ccccc21)n1c2ccccc2c2ccccc21)n1c2ccccc2c2ccccc21)n1c2ccccc2c2ccccc21. The summed E-state index contributed by atoms with van der Waals surface area (Å²) in [5.74, 6) is 32.7. The number of aromatic nitrogens is 8. The van der Waals surface area contributed by atoms with Gasteiger partial charge in [-0.2, -0.15) is 0 Å². The highest BCUT2D eigenvalue weighted by Crippen LogP contribution is 2.44. The van der Waals surface area contributed by atoms with Crippen LogP contribution in [0.15, 0.2) is 401 Å². The van der Waals surface area contributed by atoms with Crippen molar-refractivity contribution in [1.82, 2.24) is 36.5 Å². The van der Waals surface area contributed by atoms with Crippen molar-refractivity contribution in [3.05, 3.63) is 401 Å². The molecule has 24 rings (SSSR count). The minimum atomic E-state index is 0.592. The van der Waals surface area contributed by atoms with E-state index in [1.54, 1.807) is 0 Å². The summed E-state index contributed by atoms with van der Waals surface area (Å²) in [6.45, 7) is 9.86. The van der Waals surface area contributed by atoms with Gasteiger partial charge >= 0.3 is 0 Å². The molecular weight excluding hydrogens is 1480 g/mol. The number of nitrogens with zero attached hydrogens (tertiary/aromatic N) is 8. The first kappa shape index (κ1) is 69.2. The van der Waals surface area contributed by atoms with Crippen LogP contribution in [0, 0.1) is 47.4 Å². The molecule has 0 saturated carbocycles. The van der Waals surface area contributed by atoms with Crippen LogP contribution in [0.5, 0.6) is 0 Å². The van der Waals surface area contributed by atoms with Crippen molar-refractivity contribution in [2.75, 3.05) is 0 Å². The van der Waals surface area contributed by atoms with Gasteiger partial charge in [0, 0.05) is 86.2 Å². The maximum Gasteiger partial charge on any atom is 0.131 e. The quantitative estimate of drug-likeness (QED) is 0.136. The molecular formula is C114H68N8. The topological polar surface area (TPSA) is 39.4 Å². The Hall–Kier alpha value is -17.1. The lowest BCUT2D eigenvalue weighted by Crippen LogP contribution is -2.08. The Labute approximate surface area is 700 Å². The van der Waals surface area contributed by atoms with Crippen LogP contribution in [-0.4, -0.2) is 36.5 Å². The predicted octanol–water partition coefficient (Wildman–Crippen LogP) is 27.8. The number of benzene rings is 16. The largest absolute Gasteiger partial charge is 0.302 e. The summed E-state index contributed by atoms with van der Waals surface area (Å²) < 4.78 is 18.5. The van der Waals surface area contributed by atoms with Crippen LogP contribution >= 0.6 is 0 Å². The minimum Gasteiger partial charge on any atom is -0.302 e. The van der Waals surface area contributed by atoms with E-state index in [0.717, 1.165) is 174 Å². The molecule has 0 aliphatic heterocycles. The Kier molecular flexibility index (Phi) is 15.8. The third-order valence-corrected chi connectivity index (χ3v) is 24.4. The van der Waals surface area contributed by atoms with E-state index in [4.69, 9.17) is 13.2 Å². The smallest absolute Gasteiger partial charge is 0.131 e. The summed E-state index contributed by atoms with van der Waals surface area (Å²) in [6, 6.07) is 138. The lowest BCUT2D eigenvalue weighted by Gasteiger charge is -2.17. The fourth-order valence-corrected chi connectivity index (χ4v) is 19.3. The normalized spacial score (nSPS) is 12.5. The first-order valence-electron chi connectivity index (χ1n) is 41.1. The maximum absolute atomic E-state index is 4.93. The van der Waals surface area contributed by atoms with Gasteiger partial charge in [-0.05, 0) is 144 Å². The number of allylic oxidation sites excluding steroid dienone is 8. The Bertz CT molecular complexity index is 8160. The number of hydrogen-bond acceptors (Lipinski definition) is 0. The van der Waals surface area contributed by atoms with E-state index in [-0.39, 0.29) is 0 Å². The molecule has 16 aromatic carbocycles. The van der Waals surface area contributed by atoms with Gasteiger partial charge < -0.3 is 9.13 Å². The van der Waals surface area contributed by atoms with Crippen molar-refractivity contribution in [3.63, 3.8) is 0 Å². The van der Waals surface area contributed by atoms with Crippen LogP contribution < -0.4 is 0 Å². The lowest BCUT2D eigenvalue weighted by atomic mass is 10.2. The fourth-order valence-electron chi connectivity index (χ4n) is 19.3. The molecule has 8 nitrogen and oxygen atoms in total. The molecule has 0 unspecified atom stereocenters. The standard InChI is InChI=1S/C114H68N8/c1-75(115-93-51-19-3-35-77(93)78-36-4-20-52-94(78)115)67-69-109(117-97-55-23-7-39-81(97)82-40-8-24-56-98(82)117)111(119-101-59-27-11-43-85(101)86-44-12-28-60-102(86)119)71-73-113(121-105-63-31-15-47-89(105)90-48-16-32-64-106(90)121)114(122-107-65-33-17-49-91(107)92-50-18-34-66-108(92)122)74-72-112(120-103-61-29-13-45-87(103)88-46-14-30-62-104(88)120)110(118-99-57-25-9-41-83(99)84-42-10-26-58-100(84)118)70-68-76(2)116-95-53-21-5-37-79(95)80-38-6-22-54-96(80)116/h3-66H,1-2H2/b111-109+,112-110+,114-113+. The average Bonchev–Trinajstić information content (AvgIpc) is 1.57. The van der Waals surface area contributed by atoms with Crippen molar-refractivity contribution < 1.29 is 0 Å². The van der Waals surface area contributed by atoms with Crippen molar-refractivity contribution in [3.8, 4) is 47.4 Å². The van der Waals surface area contributed by atoms with Crippen LogP contribution in [0.4, 0.5) is 0 Å². The molecule has 0 spiro atoms. The Morgan fingerprint density at radius 1 is 0.123 bits per heavy atom. The second-order valence-electron chi connectivity index (χ2n) is 30.9. The zero-order valence-electron chi connectivity index (χ0n) is 65.9. The Morgan fingerprint density at radius 3 is 0.328 bits per heavy atom. The van der Waals surface area contributed by atoms with Crippen LogP contribution in [-0.2, 0) is 0 Å². The summed E-state index contributed by atoms with van der Waals surface area (Å²) in [7, 11) is 0. The number of fused-ring (bicyclic) bond motifs is 24. The molecule has 0 aliphatic carbocycles. The number of rotatable bonds is 8. The number of para-hydroxylation sites is 16. The van der Waals surface area contributed by atoms with Crippen LogP contribution in [0.2, 0.25) is 0 Å². The molecule has 0 fully saturated rings. The van der Waals surface area contributed by atoms with Crippen LogP contribution in [0.3, 0.4) is 0 Å². The van der Waals surface area contributed by atoms with Gasteiger partial charge in [-0.15, -0.1) is 0 Å². The van der Waals surface area contributed by atoms with E-state index in [2.05, 4.69) is 472 Å². The molecule has 0 amide bonds. The van der Waals surface area contributed by atoms with Gasteiger partial charge in [-0.3, -0.25) is 27.4 Å². The summed E-state index contributed by atoms with van der Waals surface area (Å²) in [6.07, 6.45) is 0. The fraction of sp³-hybridized carbons (Fsp3) is 0. The highest BCUT2D eigenvalue weighted by Gasteiger charge is 2.27. The van der Waals surface area contributed by atoms with Gasteiger partial charge in [0.25, 0.3) is 0 Å². The van der Waals surface area contributed by atoms with E-state index < -0.39 is 0 Å². The molecule has 24 aromatic rings. The Morgan fingerprint density at radius 2 is 0.213 bits per heavy atom. The highest BCUT2D eigenvalue weighted by atomic mass is 15.1. The molecule has 0 atom stereocenters. The summed E-state index contributed by atoms with van der Waals surface area (Å²) >= 11 is 0. The molecule has 0 aliphatic rings. The zero-order chi connectivity index (χ0) is 80.6. The van der Waals surface area contributed by atoms with Gasteiger partial charge in [0.2, 0.25) is 0 Å². The second kappa shape index (κ2) is 27.8. The molecule has 0 saturated heterocycles. The van der Waals surface area contributed by atoms with Crippen LogP contribution in [0.25, 0.3) is 220 Å². The molecule has 0 N–H and O–H groups in total. The predicted molar refractivity (Wildman–Crippen MR) is 516 cm³/mol. The summed E-state index contributed by atoms with van der Waals surface area (Å²) in [5, 5.41) is 17.2. The van der Waals surface area contributed by atoms with Crippen molar-refractivity contribution in [1.29, 1.82) is 0 Å². The molecule has 8 heteroatoms. The third kappa shape index (κ3) is 10.5. The van der Waals surface area contributed by atoms with Crippen LogP contribution in [0.1, 0.15) is 0 Å². The Balaban J connectivity index is 0.909. The molecule has 122 heavy (non-hydrogen) atoms.